The van der Waals surface area contributed by atoms with Crippen LogP contribution in [0.5, 0.6) is 0 Å². The van der Waals surface area contributed by atoms with Crippen molar-refractivity contribution in [2.24, 2.45) is 7.05 Å². The second-order valence-electron chi connectivity index (χ2n) is 6.59. The molecule has 0 N–H and O–H groups in total. The Kier molecular flexibility index (Phi) is 3.44. The SMILES string of the molecule is Cn1c(=O)c(-c2cn3ccccc3c2-c2ccccc2)nc2ccccc21. The molecule has 0 aliphatic carbocycles. The second-order valence-corrected chi connectivity index (χ2v) is 6.59. The Labute approximate surface area is 156 Å². The van der Waals surface area contributed by atoms with Crippen LogP contribution in [-0.2, 0) is 7.05 Å². The van der Waals surface area contributed by atoms with E-state index < -0.39 is 0 Å². The molecule has 130 valence electrons. The number of hydrogen-bond donors (Lipinski definition) is 0. The molecule has 0 saturated carbocycles. The van der Waals surface area contributed by atoms with Gasteiger partial charge < -0.3 is 8.97 Å². The number of rotatable bonds is 2. The van der Waals surface area contributed by atoms with Gasteiger partial charge in [-0.3, -0.25) is 4.79 Å². The maximum Gasteiger partial charge on any atom is 0.277 e. The Hall–Kier alpha value is -3.66. The summed E-state index contributed by atoms with van der Waals surface area (Å²) in [5, 5.41) is 0. The largest absolute Gasteiger partial charge is 0.323 e. The van der Waals surface area contributed by atoms with Gasteiger partial charge in [0.1, 0.15) is 5.69 Å². The van der Waals surface area contributed by atoms with Crippen LogP contribution in [0.15, 0.2) is 90.0 Å². The van der Waals surface area contributed by atoms with E-state index in [2.05, 4.69) is 18.2 Å². The van der Waals surface area contributed by atoms with Gasteiger partial charge in [0.25, 0.3) is 5.56 Å². The number of aromatic nitrogens is 3. The van der Waals surface area contributed by atoms with Crippen molar-refractivity contribution in [3.63, 3.8) is 0 Å². The number of benzene rings is 2. The van der Waals surface area contributed by atoms with Crippen LogP contribution in [0.4, 0.5) is 0 Å². The summed E-state index contributed by atoms with van der Waals surface area (Å²) in [6.45, 7) is 0. The Balaban J connectivity index is 1.91. The van der Waals surface area contributed by atoms with Gasteiger partial charge >= 0.3 is 0 Å². The minimum absolute atomic E-state index is 0.0956. The van der Waals surface area contributed by atoms with Crippen LogP contribution in [0.2, 0.25) is 0 Å². The third kappa shape index (κ3) is 2.38. The first kappa shape index (κ1) is 15.6. The van der Waals surface area contributed by atoms with Crippen molar-refractivity contribution in [2.75, 3.05) is 0 Å². The van der Waals surface area contributed by atoms with Crippen LogP contribution in [-0.4, -0.2) is 14.0 Å². The molecule has 0 aliphatic heterocycles. The molecule has 5 aromatic rings. The molecule has 4 nitrogen and oxygen atoms in total. The van der Waals surface area contributed by atoms with Gasteiger partial charge in [-0.25, -0.2) is 4.98 Å². The standard InChI is InChI=1S/C23H17N3O/c1-25-19-12-6-5-11-18(19)24-22(23(25)27)17-15-26-14-8-7-13-20(26)21(17)16-9-3-2-4-10-16/h2-15H,1H3. The average Bonchev–Trinajstić information content (AvgIpc) is 3.10. The van der Waals surface area contributed by atoms with E-state index >= 15 is 0 Å². The van der Waals surface area contributed by atoms with Gasteiger partial charge in [0, 0.05) is 30.6 Å². The number of hydrogen-bond acceptors (Lipinski definition) is 2. The van der Waals surface area contributed by atoms with E-state index in [4.69, 9.17) is 4.98 Å². The van der Waals surface area contributed by atoms with Gasteiger partial charge in [0.15, 0.2) is 0 Å². The first-order chi connectivity index (χ1) is 13.2. The second kappa shape index (κ2) is 5.95. The summed E-state index contributed by atoms with van der Waals surface area (Å²) in [5.41, 5.74) is 6.00. The molecule has 0 unspecified atom stereocenters. The minimum Gasteiger partial charge on any atom is -0.323 e. The third-order valence-electron chi connectivity index (χ3n) is 4.98. The zero-order chi connectivity index (χ0) is 18.4. The minimum atomic E-state index is -0.0956. The lowest BCUT2D eigenvalue weighted by Crippen LogP contribution is -2.20. The van der Waals surface area contributed by atoms with E-state index in [1.165, 1.54) is 0 Å². The van der Waals surface area contributed by atoms with E-state index in [0.29, 0.717) is 5.69 Å². The van der Waals surface area contributed by atoms with Gasteiger partial charge in [-0.15, -0.1) is 0 Å². The van der Waals surface area contributed by atoms with Crippen molar-refractivity contribution in [2.45, 2.75) is 0 Å². The van der Waals surface area contributed by atoms with Crippen molar-refractivity contribution in [1.29, 1.82) is 0 Å². The molecule has 0 saturated heterocycles. The first-order valence-corrected chi connectivity index (χ1v) is 8.85. The molecule has 0 fully saturated rings. The normalized spacial score (nSPS) is 11.3. The fraction of sp³-hybridized carbons (Fsp3) is 0.0435. The van der Waals surface area contributed by atoms with E-state index in [9.17, 15) is 4.79 Å². The van der Waals surface area contributed by atoms with E-state index in [0.717, 1.165) is 33.2 Å². The summed E-state index contributed by atoms with van der Waals surface area (Å²) in [5.74, 6) is 0. The molecular weight excluding hydrogens is 334 g/mol. The fourth-order valence-corrected chi connectivity index (χ4v) is 3.66. The lowest BCUT2D eigenvalue weighted by Gasteiger charge is -2.09. The summed E-state index contributed by atoms with van der Waals surface area (Å²) in [7, 11) is 1.80. The highest BCUT2D eigenvalue weighted by molar-refractivity contribution is 5.94. The Morgan fingerprint density at radius 3 is 2.37 bits per heavy atom. The maximum absolute atomic E-state index is 13.1. The number of fused-ring (bicyclic) bond motifs is 2. The molecule has 0 aliphatic rings. The van der Waals surface area contributed by atoms with E-state index in [1.807, 2.05) is 71.4 Å². The molecule has 27 heavy (non-hydrogen) atoms. The maximum atomic E-state index is 13.1. The molecule has 0 spiro atoms. The zero-order valence-electron chi connectivity index (χ0n) is 14.8. The number of aryl methyl sites for hydroxylation is 1. The number of nitrogens with zero attached hydrogens (tertiary/aromatic N) is 3. The van der Waals surface area contributed by atoms with Gasteiger partial charge in [0.2, 0.25) is 0 Å². The highest BCUT2D eigenvalue weighted by Gasteiger charge is 2.19. The van der Waals surface area contributed by atoms with Crippen LogP contribution in [0.1, 0.15) is 0 Å². The predicted molar refractivity (Wildman–Crippen MR) is 109 cm³/mol. The summed E-state index contributed by atoms with van der Waals surface area (Å²) >= 11 is 0. The van der Waals surface area contributed by atoms with Gasteiger partial charge in [0.05, 0.1) is 16.6 Å². The highest BCUT2D eigenvalue weighted by atomic mass is 16.1. The summed E-state index contributed by atoms with van der Waals surface area (Å²) in [4.78, 5) is 17.9. The topological polar surface area (TPSA) is 39.3 Å². The van der Waals surface area contributed by atoms with Crippen molar-refractivity contribution >= 4 is 16.6 Å². The van der Waals surface area contributed by atoms with E-state index in [1.54, 1.807) is 11.6 Å². The number of para-hydroxylation sites is 2. The smallest absolute Gasteiger partial charge is 0.277 e. The van der Waals surface area contributed by atoms with Crippen molar-refractivity contribution < 1.29 is 0 Å². The Morgan fingerprint density at radius 1 is 0.815 bits per heavy atom. The monoisotopic (exact) mass is 351 g/mol. The number of pyridine rings is 1. The van der Waals surface area contributed by atoms with E-state index in [-0.39, 0.29) is 5.56 Å². The Morgan fingerprint density at radius 2 is 1.52 bits per heavy atom. The van der Waals surface area contributed by atoms with Crippen LogP contribution in [0.25, 0.3) is 38.9 Å². The predicted octanol–water partition coefficient (Wildman–Crippen LogP) is 4.52. The molecule has 2 aromatic carbocycles. The molecule has 0 radical (unpaired) electrons. The van der Waals surface area contributed by atoms with Crippen LogP contribution in [0, 0.1) is 0 Å². The Bertz CT molecular complexity index is 1350. The molecule has 3 aromatic heterocycles. The van der Waals surface area contributed by atoms with Crippen LogP contribution in [0.3, 0.4) is 0 Å². The van der Waals surface area contributed by atoms with Crippen LogP contribution < -0.4 is 5.56 Å². The quantitative estimate of drug-likeness (QED) is 0.469. The first-order valence-electron chi connectivity index (χ1n) is 8.85. The van der Waals surface area contributed by atoms with Crippen molar-refractivity contribution in [3.8, 4) is 22.4 Å². The average molecular weight is 351 g/mol. The lowest BCUT2D eigenvalue weighted by molar-refractivity contribution is 0.896. The molecule has 0 atom stereocenters. The zero-order valence-corrected chi connectivity index (χ0v) is 14.8. The molecule has 0 bridgehead atoms. The summed E-state index contributed by atoms with van der Waals surface area (Å²) in [6, 6.07) is 23.9. The highest BCUT2D eigenvalue weighted by Crippen LogP contribution is 2.35. The molecular formula is C23H17N3O. The molecule has 3 heterocycles. The molecule has 0 amide bonds. The van der Waals surface area contributed by atoms with Crippen LogP contribution >= 0.6 is 0 Å². The lowest BCUT2D eigenvalue weighted by atomic mass is 10.0. The van der Waals surface area contributed by atoms with Crippen molar-refractivity contribution in [1.82, 2.24) is 14.0 Å². The molecule has 4 heteroatoms. The third-order valence-corrected chi connectivity index (χ3v) is 4.98. The summed E-state index contributed by atoms with van der Waals surface area (Å²) < 4.78 is 3.72. The molecule has 5 rings (SSSR count). The van der Waals surface area contributed by atoms with Gasteiger partial charge in [-0.05, 0) is 29.8 Å². The van der Waals surface area contributed by atoms with Gasteiger partial charge in [-0.1, -0.05) is 48.5 Å². The summed E-state index contributed by atoms with van der Waals surface area (Å²) in [6.07, 6.45) is 3.99. The fourth-order valence-electron chi connectivity index (χ4n) is 3.66. The van der Waals surface area contributed by atoms with Crippen molar-refractivity contribution in [3.05, 3.63) is 95.5 Å². The van der Waals surface area contributed by atoms with Gasteiger partial charge in [-0.2, -0.15) is 0 Å².